The normalized spacial score (nSPS) is 13.9. The van der Waals surface area contributed by atoms with Crippen LogP contribution in [0, 0.1) is 10.1 Å². The van der Waals surface area contributed by atoms with E-state index < -0.39 is 10.9 Å². The highest BCUT2D eigenvalue weighted by Crippen LogP contribution is 2.32. The maximum absolute atomic E-state index is 12.3. The van der Waals surface area contributed by atoms with Crippen LogP contribution in [-0.4, -0.2) is 42.1 Å². The number of nitrogens with zero attached hydrogens (tertiary/aromatic N) is 4. The summed E-state index contributed by atoms with van der Waals surface area (Å²) in [6, 6.07) is 21.8. The molecule has 0 spiro atoms. The Kier molecular flexibility index (Phi) is 6.40. The van der Waals surface area contributed by atoms with Gasteiger partial charge in [0.25, 0.3) is 5.69 Å². The van der Waals surface area contributed by atoms with Gasteiger partial charge in [-0.25, -0.2) is 9.78 Å². The third-order valence-corrected chi connectivity index (χ3v) is 6.83. The van der Waals surface area contributed by atoms with Gasteiger partial charge in [-0.1, -0.05) is 29.5 Å². The van der Waals surface area contributed by atoms with E-state index in [1.54, 1.807) is 35.6 Å². The number of ether oxygens (including phenoxy) is 1. The van der Waals surface area contributed by atoms with E-state index in [1.807, 2.05) is 18.2 Å². The predicted octanol–water partition coefficient (Wildman–Crippen LogP) is 5.15. The molecule has 2 heterocycles. The molecule has 0 N–H and O–H groups in total. The lowest BCUT2D eigenvalue weighted by Crippen LogP contribution is -2.46. The molecule has 176 valence electrons. The fraction of sp³-hybridized carbons (Fsp3) is 0.154. The van der Waals surface area contributed by atoms with Crippen molar-refractivity contribution in [2.45, 2.75) is 0 Å². The van der Waals surface area contributed by atoms with Crippen LogP contribution in [-0.2, 0) is 4.79 Å². The lowest BCUT2D eigenvalue weighted by molar-refractivity contribution is -0.384. The van der Waals surface area contributed by atoms with Crippen LogP contribution in [0.1, 0.15) is 5.56 Å². The highest BCUT2D eigenvalue weighted by Gasteiger charge is 2.20. The van der Waals surface area contributed by atoms with E-state index in [0.717, 1.165) is 41.5 Å². The summed E-state index contributed by atoms with van der Waals surface area (Å²) in [5, 5.41) is 11.7. The van der Waals surface area contributed by atoms with Crippen LogP contribution in [0.15, 0.2) is 78.9 Å². The van der Waals surface area contributed by atoms with Crippen molar-refractivity contribution in [2.75, 3.05) is 36.0 Å². The highest BCUT2D eigenvalue weighted by atomic mass is 32.1. The largest absolute Gasteiger partial charge is 0.423 e. The molecule has 0 amide bonds. The highest BCUT2D eigenvalue weighted by molar-refractivity contribution is 7.22. The van der Waals surface area contributed by atoms with Crippen LogP contribution in [0.2, 0.25) is 0 Å². The molecule has 35 heavy (non-hydrogen) atoms. The van der Waals surface area contributed by atoms with Gasteiger partial charge in [0.2, 0.25) is 0 Å². The van der Waals surface area contributed by atoms with Gasteiger partial charge in [0.15, 0.2) is 5.13 Å². The fourth-order valence-corrected chi connectivity index (χ4v) is 4.95. The molecule has 1 fully saturated rings. The summed E-state index contributed by atoms with van der Waals surface area (Å²) in [6.07, 6.45) is 2.86. The number of piperazine rings is 1. The van der Waals surface area contributed by atoms with Crippen molar-refractivity contribution in [3.05, 3.63) is 94.6 Å². The average molecular weight is 487 g/mol. The summed E-state index contributed by atoms with van der Waals surface area (Å²) in [5.74, 6) is -0.0792. The number of para-hydroxylation sites is 1. The van der Waals surface area contributed by atoms with E-state index in [-0.39, 0.29) is 5.69 Å². The fourth-order valence-electron chi connectivity index (χ4n) is 3.91. The van der Waals surface area contributed by atoms with E-state index in [2.05, 4.69) is 34.1 Å². The van der Waals surface area contributed by atoms with Crippen LogP contribution in [0.4, 0.5) is 16.5 Å². The van der Waals surface area contributed by atoms with Gasteiger partial charge in [-0.2, -0.15) is 0 Å². The molecule has 1 aliphatic heterocycles. The van der Waals surface area contributed by atoms with Crippen molar-refractivity contribution in [2.24, 2.45) is 0 Å². The Labute approximate surface area is 205 Å². The molecule has 9 heteroatoms. The number of nitro groups is 1. The van der Waals surface area contributed by atoms with Crippen molar-refractivity contribution in [1.82, 2.24) is 4.98 Å². The number of rotatable bonds is 6. The van der Waals surface area contributed by atoms with Crippen LogP contribution in [0.25, 0.3) is 16.3 Å². The summed E-state index contributed by atoms with van der Waals surface area (Å²) >= 11 is 1.59. The zero-order valence-corrected chi connectivity index (χ0v) is 19.6. The summed E-state index contributed by atoms with van der Waals surface area (Å²) < 4.78 is 6.40. The molecule has 5 rings (SSSR count). The van der Waals surface area contributed by atoms with Crippen LogP contribution in [0.5, 0.6) is 5.75 Å². The van der Waals surface area contributed by atoms with Gasteiger partial charge >= 0.3 is 5.97 Å². The van der Waals surface area contributed by atoms with Gasteiger partial charge in [-0.3, -0.25) is 10.1 Å². The lowest BCUT2D eigenvalue weighted by Gasteiger charge is -2.35. The molecule has 0 aliphatic carbocycles. The number of thiazole rings is 1. The van der Waals surface area contributed by atoms with E-state index in [9.17, 15) is 14.9 Å². The first-order valence-corrected chi connectivity index (χ1v) is 12.0. The Morgan fingerprint density at radius 3 is 2.40 bits per heavy atom. The minimum atomic E-state index is -0.524. The quantitative estimate of drug-likeness (QED) is 0.122. The smallest absolute Gasteiger partial charge is 0.336 e. The molecule has 1 saturated heterocycles. The molecule has 0 unspecified atom stereocenters. The number of anilines is 2. The minimum absolute atomic E-state index is 0.0000274. The summed E-state index contributed by atoms with van der Waals surface area (Å²) in [6.45, 7) is 3.65. The zero-order chi connectivity index (χ0) is 24.2. The molecule has 3 aromatic carbocycles. The van der Waals surface area contributed by atoms with Crippen molar-refractivity contribution in [3.63, 3.8) is 0 Å². The maximum Gasteiger partial charge on any atom is 0.336 e. The first-order chi connectivity index (χ1) is 17.0. The number of esters is 1. The number of hydrogen-bond donors (Lipinski definition) is 0. The minimum Gasteiger partial charge on any atom is -0.423 e. The SMILES string of the molecule is O=C(/C=C\c1ccc([N+](=O)[O-])cc1)Oc1ccc2nc(N3CCN(c4ccccc4)CC3)sc2c1. The molecule has 0 bridgehead atoms. The predicted molar refractivity (Wildman–Crippen MR) is 138 cm³/mol. The summed E-state index contributed by atoms with van der Waals surface area (Å²) in [7, 11) is 0. The Morgan fingerprint density at radius 2 is 1.69 bits per heavy atom. The van der Waals surface area contributed by atoms with E-state index in [1.165, 1.54) is 23.9 Å². The summed E-state index contributed by atoms with van der Waals surface area (Å²) in [5.41, 5.74) is 2.78. The Bertz CT molecular complexity index is 1380. The third-order valence-electron chi connectivity index (χ3n) is 5.75. The van der Waals surface area contributed by atoms with Gasteiger partial charge in [0, 0.05) is 56.1 Å². The molecule has 1 aromatic heterocycles. The second kappa shape index (κ2) is 9.94. The zero-order valence-electron chi connectivity index (χ0n) is 18.7. The number of carbonyl (C=O) groups excluding carboxylic acids is 1. The number of aromatic nitrogens is 1. The maximum atomic E-state index is 12.3. The summed E-state index contributed by atoms with van der Waals surface area (Å²) in [4.78, 5) is 32.0. The standard InChI is InChI=1S/C26H22N4O4S/c31-25(13-8-19-6-9-21(10-7-19)30(32)33)34-22-11-12-23-24(18-22)35-26(27-23)29-16-14-28(15-17-29)20-4-2-1-3-5-20/h1-13,18H,14-17H2/b13-8-. The Hall–Kier alpha value is -4.24. The van der Waals surface area contributed by atoms with Crippen molar-refractivity contribution >= 4 is 50.1 Å². The Balaban J connectivity index is 1.21. The van der Waals surface area contributed by atoms with Crippen molar-refractivity contribution in [1.29, 1.82) is 0 Å². The molecule has 8 nitrogen and oxygen atoms in total. The first kappa shape index (κ1) is 22.5. The van der Waals surface area contributed by atoms with Crippen molar-refractivity contribution < 1.29 is 14.5 Å². The number of benzene rings is 3. The van der Waals surface area contributed by atoms with Crippen LogP contribution >= 0.6 is 11.3 Å². The second-order valence-corrected chi connectivity index (χ2v) is 9.05. The van der Waals surface area contributed by atoms with Gasteiger partial charge in [-0.05, 0) is 48.0 Å². The lowest BCUT2D eigenvalue weighted by atomic mass is 10.2. The van der Waals surface area contributed by atoms with Gasteiger partial charge < -0.3 is 14.5 Å². The molecular weight excluding hydrogens is 464 g/mol. The first-order valence-electron chi connectivity index (χ1n) is 11.1. The number of nitro benzene ring substituents is 1. The van der Waals surface area contributed by atoms with Gasteiger partial charge in [0.05, 0.1) is 15.1 Å². The Morgan fingerprint density at radius 1 is 0.971 bits per heavy atom. The van der Waals surface area contributed by atoms with E-state index in [0.29, 0.717) is 11.3 Å². The number of hydrogen-bond acceptors (Lipinski definition) is 8. The molecule has 0 saturated carbocycles. The monoisotopic (exact) mass is 486 g/mol. The van der Waals surface area contributed by atoms with Gasteiger partial charge in [0.1, 0.15) is 5.75 Å². The third kappa shape index (κ3) is 5.30. The van der Waals surface area contributed by atoms with Crippen LogP contribution in [0.3, 0.4) is 0 Å². The van der Waals surface area contributed by atoms with E-state index >= 15 is 0 Å². The molecule has 4 aromatic rings. The van der Waals surface area contributed by atoms with Gasteiger partial charge in [-0.15, -0.1) is 0 Å². The number of non-ortho nitro benzene ring substituents is 1. The van der Waals surface area contributed by atoms with Crippen LogP contribution < -0.4 is 14.5 Å². The second-order valence-electron chi connectivity index (χ2n) is 8.04. The number of carbonyl (C=O) groups is 1. The molecular formula is C26H22N4O4S. The average Bonchev–Trinajstić information content (AvgIpc) is 3.32. The molecule has 1 aliphatic rings. The van der Waals surface area contributed by atoms with E-state index in [4.69, 9.17) is 9.72 Å². The topological polar surface area (TPSA) is 88.8 Å². The van der Waals surface area contributed by atoms with Crippen molar-refractivity contribution in [3.8, 4) is 5.75 Å². The molecule has 0 radical (unpaired) electrons. The number of fused-ring (bicyclic) bond motifs is 1. The molecule has 0 atom stereocenters.